The second-order valence-corrected chi connectivity index (χ2v) is 6.35. The molecule has 130 valence electrons. The van der Waals surface area contributed by atoms with E-state index in [9.17, 15) is 25.0 Å². The summed E-state index contributed by atoms with van der Waals surface area (Å²) in [5.74, 6) is -0.507. The minimum Gasteiger partial charge on any atom is -0.456 e. The number of ether oxygens (including phenoxy) is 1. The van der Waals surface area contributed by atoms with Crippen LogP contribution in [-0.2, 0) is 4.74 Å². The molecule has 1 saturated heterocycles. The number of hydrogen-bond donors (Lipinski definition) is 1. The van der Waals surface area contributed by atoms with Crippen LogP contribution in [0.25, 0.3) is 0 Å². The van der Waals surface area contributed by atoms with Crippen molar-refractivity contribution in [2.75, 3.05) is 13.1 Å². The fraction of sp³-hybridized carbons (Fsp3) is 0.533. The van der Waals surface area contributed by atoms with Gasteiger partial charge in [-0.25, -0.2) is 4.79 Å². The lowest BCUT2D eigenvalue weighted by atomic mass is 9.83. The van der Waals surface area contributed by atoms with E-state index in [1.807, 2.05) is 13.8 Å². The van der Waals surface area contributed by atoms with Crippen LogP contribution in [-0.4, -0.2) is 34.5 Å². The maximum Gasteiger partial charge on any atom is 0.346 e. The summed E-state index contributed by atoms with van der Waals surface area (Å²) < 4.78 is 5.55. The number of nitrogens with zero attached hydrogens (tertiary/aromatic N) is 2. The fourth-order valence-electron chi connectivity index (χ4n) is 2.95. The normalized spacial score (nSPS) is 15.8. The molecule has 1 aliphatic heterocycles. The summed E-state index contributed by atoms with van der Waals surface area (Å²) in [6.07, 6.45) is 1.83. The summed E-state index contributed by atoms with van der Waals surface area (Å²) in [4.78, 5) is 32.4. The van der Waals surface area contributed by atoms with Crippen LogP contribution in [0.15, 0.2) is 18.2 Å². The molecule has 0 atom stereocenters. The Morgan fingerprint density at radius 3 is 2.29 bits per heavy atom. The van der Waals surface area contributed by atoms with Gasteiger partial charge < -0.3 is 10.1 Å². The molecule has 2 rings (SSSR count). The molecule has 1 aromatic carbocycles. The van der Waals surface area contributed by atoms with Crippen molar-refractivity contribution in [2.45, 2.75) is 32.3 Å². The van der Waals surface area contributed by atoms with Gasteiger partial charge in [-0.05, 0) is 19.9 Å². The summed E-state index contributed by atoms with van der Waals surface area (Å²) in [5, 5.41) is 24.0. The molecule has 24 heavy (non-hydrogen) atoms. The van der Waals surface area contributed by atoms with Crippen molar-refractivity contribution in [1.29, 1.82) is 0 Å². The van der Waals surface area contributed by atoms with Gasteiger partial charge in [0.05, 0.1) is 28.5 Å². The van der Waals surface area contributed by atoms with E-state index in [4.69, 9.17) is 4.74 Å². The molecule has 2 N–H and O–H groups in total. The molecule has 9 nitrogen and oxygen atoms in total. The summed E-state index contributed by atoms with van der Waals surface area (Å²) in [6, 6.07) is 3.03. The van der Waals surface area contributed by atoms with Crippen LogP contribution in [0.4, 0.5) is 11.4 Å². The standard InChI is InChI=1S/C15H19N3O6/c1-15(2,11-5-7-16-8-6-11)24-14(19)10-3-4-12(17(20)21)13(9-10)18(22)23/h3-4,9,11,16H,5-8H2,1-2H3/p+1. The van der Waals surface area contributed by atoms with Crippen LogP contribution in [0.3, 0.4) is 0 Å². The Morgan fingerprint density at radius 2 is 1.75 bits per heavy atom. The van der Waals surface area contributed by atoms with Crippen molar-refractivity contribution in [3.63, 3.8) is 0 Å². The number of esters is 1. The molecule has 9 heteroatoms. The largest absolute Gasteiger partial charge is 0.456 e. The second-order valence-electron chi connectivity index (χ2n) is 6.35. The Balaban J connectivity index is 2.21. The topological polar surface area (TPSA) is 129 Å². The minimum absolute atomic E-state index is 0.0669. The summed E-state index contributed by atoms with van der Waals surface area (Å²) >= 11 is 0. The number of quaternary nitrogens is 1. The Hall–Kier alpha value is -2.55. The van der Waals surface area contributed by atoms with Gasteiger partial charge in [0.25, 0.3) is 0 Å². The third-order valence-electron chi connectivity index (χ3n) is 4.38. The van der Waals surface area contributed by atoms with Crippen LogP contribution in [0.1, 0.15) is 37.0 Å². The van der Waals surface area contributed by atoms with E-state index in [0.29, 0.717) is 0 Å². The quantitative estimate of drug-likeness (QED) is 0.491. The average molecular weight is 338 g/mol. The van der Waals surface area contributed by atoms with E-state index in [2.05, 4.69) is 5.32 Å². The van der Waals surface area contributed by atoms with Crippen LogP contribution in [0.5, 0.6) is 0 Å². The summed E-state index contributed by atoms with van der Waals surface area (Å²) in [5.41, 5.74) is -2.15. The maximum atomic E-state index is 12.3. The van der Waals surface area contributed by atoms with E-state index >= 15 is 0 Å². The predicted octanol–water partition coefficient (Wildman–Crippen LogP) is 1.41. The highest BCUT2D eigenvalue weighted by atomic mass is 16.6. The lowest BCUT2D eigenvalue weighted by Gasteiger charge is -2.35. The maximum absolute atomic E-state index is 12.3. The molecular weight excluding hydrogens is 318 g/mol. The lowest BCUT2D eigenvalue weighted by molar-refractivity contribution is -0.665. The lowest BCUT2D eigenvalue weighted by Crippen LogP contribution is -2.86. The van der Waals surface area contributed by atoms with Gasteiger partial charge in [-0.1, -0.05) is 0 Å². The van der Waals surface area contributed by atoms with Gasteiger partial charge in [-0.2, -0.15) is 0 Å². The Morgan fingerprint density at radius 1 is 1.17 bits per heavy atom. The van der Waals surface area contributed by atoms with Crippen LogP contribution >= 0.6 is 0 Å². The number of carbonyl (C=O) groups excluding carboxylic acids is 1. The molecule has 0 amide bonds. The molecule has 0 aliphatic carbocycles. The van der Waals surface area contributed by atoms with Gasteiger partial charge >= 0.3 is 17.3 Å². The summed E-state index contributed by atoms with van der Waals surface area (Å²) in [6.45, 7) is 5.57. The molecule has 1 aromatic rings. The van der Waals surface area contributed by atoms with Crippen LogP contribution in [0.2, 0.25) is 0 Å². The minimum atomic E-state index is -0.878. The van der Waals surface area contributed by atoms with E-state index in [0.717, 1.165) is 38.1 Å². The molecule has 0 spiro atoms. The Labute approximate surface area is 138 Å². The van der Waals surface area contributed by atoms with Crippen molar-refractivity contribution in [2.24, 2.45) is 5.92 Å². The van der Waals surface area contributed by atoms with Gasteiger partial charge in [0.1, 0.15) is 5.60 Å². The molecule has 1 fully saturated rings. The number of benzene rings is 1. The van der Waals surface area contributed by atoms with Gasteiger partial charge in [0.2, 0.25) is 0 Å². The van der Waals surface area contributed by atoms with Crippen molar-refractivity contribution in [1.82, 2.24) is 0 Å². The van der Waals surface area contributed by atoms with Gasteiger partial charge in [0.15, 0.2) is 0 Å². The van der Waals surface area contributed by atoms with E-state index in [-0.39, 0.29) is 11.5 Å². The highest BCUT2D eigenvalue weighted by molar-refractivity contribution is 5.91. The van der Waals surface area contributed by atoms with Gasteiger partial charge in [0, 0.05) is 30.9 Å². The van der Waals surface area contributed by atoms with Crippen molar-refractivity contribution >= 4 is 17.3 Å². The number of nitro benzene ring substituents is 2. The fourth-order valence-corrected chi connectivity index (χ4v) is 2.95. The van der Waals surface area contributed by atoms with E-state index in [1.165, 1.54) is 6.07 Å². The molecule has 0 unspecified atom stereocenters. The SMILES string of the molecule is CC(C)(OC(=O)c1ccc([N+](=O)[O-])c([N+](=O)[O-])c1)C1CC[NH2+]CC1. The zero-order valence-corrected chi connectivity index (χ0v) is 13.6. The van der Waals surface area contributed by atoms with Crippen molar-refractivity contribution in [3.05, 3.63) is 44.0 Å². The summed E-state index contributed by atoms with van der Waals surface area (Å²) in [7, 11) is 0. The molecular formula is C15H20N3O6+. The smallest absolute Gasteiger partial charge is 0.346 e. The Kier molecular flexibility index (Phi) is 5.13. The number of piperidine rings is 1. The molecule has 0 bridgehead atoms. The monoisotopic (exact) mass is 338 g/mol. The van der Waals surface area contributed by atoms with Crippen LogP contribution in [0, 0.1) is 26.1 Å². The highest BCUT2D eigenvalue weighted by Gasteiger charge is 2.36. The number of nitrogens with two attached hydrogens (primary N) is 1. The number of hydrogen-bond acceptors (Lipinski definition) is 6. The van der Waals surface area contributed by atoms with Crippen molar-refractivity contribution < 1.29 is 24.7 Å². The molecule has 1 heterocycles. The van der Waals surface area contributed by atoms with Gasteiger partial charge in [-0.15, -0.1) is 0 Å². The number of nitro groups is 2. The predicted molar refractivity (Wildman–Crippen MR) is 83.6 cm³/mol. The number of carbonyl (C=O) groups is 1. The first-order valence-electron chi connectivity index (χ1n) is 7.70. The van der Waals surface area contributed by atoms with E-state index < -0.39 is 32.8 Å². The molecule has 1 aliphatic rings. The Bertz CT molecular complexity index is 667. The zero-order chi connectivity index (χ0) is 17.9. The molecule has 0 aromatic heterocycles. The molecule has 0 radical (unpaired) electrons. The third-order valence-corrected chi connectivity index (χ3v) is 4.38. The van der Waals surface area contributed by atoms with E-state index in [1.54, 1.807) is 0 Å². The average Bonchev–Trinajstić information content (AvgIpc) is 2.54. The van der Waals surface area contributed by atoms with Crippen molar-refractivity contribution in [3.8, 4) is 0 Å². The zero-order valence-electron chi connectivity index (χ0n) is 13.6. The number of rotatable bonds is 5. The first-order valence-corrected chi connectivity index (χ1v) is 7.70. The molecule has 0 saturated carbocycles. The van der Waals surface area contributed by atoms with Crippen LogP contribution < -0.4 is 5.32 Å². The second kappa shape index (κ2) is 6.91. The highest BCUT2D eigenvalue weighted by Crippen LogP contribution is 2.31. The first-order chi connectivity index (χ1) is 11.2. The van der Waals surface area contributed by atoms with Gasteiger partial charge in [-0.3, -0.25) is 20.2 Å². The third kappa shape index (κ3) is 3.85. The first kappa shape index (κ1) is 17.8.